The van der Waals surface area contributed by atoms with Gasteiger partial charge in [-0.3, -0.25) is 4.68 Å². The third-order valence-corrected chi connectivity index (χ3v) is 4.11. The number of rotatable bonds is 9. The topological polar surface area (TPSA) is 76.0 Å². The Morgan fingerprint density at radius 3 is 2.68 bits per heavy atom. The zero-order valence-electron chi connectivity index (χ0n) is 11.9. The van der Waals surface area contributed by atoms with Crippen LogP contribution in [0.2, 0.25) is 0 Å². The number of hydrogen-bond donors (Lipinski definition) is 2. The first-order valence-corrected chi connectivity index (χ1v) is 8.22. The van der Waals surface area contributed by atoms with Crippen LogP contribution in [-0.2, 0) is 23.5 Å². The van der Waals surface area contributed by atoms with Crippen molar-refractivity contribution in [1.82, 2.24) is 19.8 Å². The van der Waals surface area contributed by atoms with Gasteiger partial charge in [0.2, 0.25) is 10.0 Å². The van der Waals surface area contributed by atoms with E-state index in [-0.39, 0.29) is 5.75 Å². The first kappa shape index (κ1) is 16.1. The lowest BCUT2D eigenvalue weighted by Gasteiger charge is -2.09. The molecule has 0 amide bonds. The van der Waals surface area contributed by atoms with Crippen LogP contribution in [0.15, 0.2) is 12.4 Å². The number of aryl methyl sites for hydroxylation is 1. The molecule has 7 heteroatoms. The van der Waals surface area contributed by atoms with Gasteiger partial charge in [0.05, 0.1) is 11.9 Å². The summed E-state index contributed by atoms with van der Waals surface area (Å²) in [5.41, 5.74) is 1.03. The average molecular weight is 288 g/mol. The lowest BCUT2D eigenvalue weighted by atomic mass is 10.3. The molecular weight excluding hydrogens is 264 g/mol. The largest absolute Gasteiger partial charge is 0.314 e. The third-order valence-electron chi connectivity index (χ3n) is 2.64. The van der Waals surface area contributed by atoms with Crippen LogP contribution < -0.4 is 10.0 Å². The fraction of sp³-hybridized carbons (Fsp3) is 0.750. The maximum absolute atomic E-state index is 11.7. The summed E-state index contributed by atoms with van der Waals surface area (Å²) in [6.07, 6.45) is 4.93. The van der Waals surface area contributed by atoms with Gasteiger partial charge in [0.25, 0.3) is 0 Å². The minimum atomic E-state index is -3.16. The van der Waals surface area contributed by atoms with Gasteiger partial charge in [0.15, 0.2) is 0 Å². The Morgan fingerprint density at radius 1 is 1.37 bits per heavy atom. The summed E-state index contributed by atoms with van der Waals surface area (Å²) in [6.45, 7) is 5.23. The van der Waals surface area contributed by atoms with Gasteiger partial charge in [-0.1, -0.05) is 13.8 Å². The van der Waals surface area contributed by atoms with E-state index < -0.39 is 10.0 Å². The molecule has 0 aliphatic heterocycles. The normalized spacial score (nSPS) is 12.2. The van der Waals surface area contributed by atoms with E-state index in [1.807, 2.05) is 27.1 Å². The second-order valence-electron chi connectivity index (χ2n) is 4.95. The van der Waals surface area contributed by atoms with Crippen LogP contribution in [0.25, 0.3) is 0 Å². The van der Waals surface area contributed by atoms with Crippen LogP contribution in [0.1, 0.15) is 25.8 Å². The first-order chi connectivity index (χ1) is 8.89. The Hall–Kier alpha value is -0.920. The van der Waals surface area contributed by atoms with Crippen molar-refractivity contribution in [2.24, 2.45) is 7.05 Å². The highest BCUT2D eigenvalue weighted by molar-refractivity contribution is 7.89. The van der Waals surface area contributed by atoms with E-state index in [1.165, 1.54) is 0 Å². The molecular formula is C12H24N4O2S. The number of aromatic nitrogens is 2. The fourth-order valence-corrected chi connectivity index (χ4v) is 2.76. The number of nitrogens with zero attached hydrogens (tertiary/aromatic N) is 2. The number of sulfonamides is 1. The minimum absolute atomic E-state index is 0.166. The van der Waals surface area contributed by atoms with E-state index >= 15 is 0 Å². The molecule has 0 radical (unpaired) electrons. The summed E-state index contributed by atoms with van der Waals surface area (Å²) in [4.78, 5) is 0. The Bertz CT molecular complexity index is 468. The molecule has 0 unspecified atom stereocenters. The molecule has 6 nitrogen and oxygen atoms in total. The minimum Gasteiger partial charge on any atom is -0.314 e. The quantitative estimate of drug-likeness (QED) is 0.640. The smallest absolute Gasteiger partial charge is 0.211 e. The predicted molar refractivity (Wildman–Crippen MR) is 76.5 cm³/mol. The highest BCUT2D eigenvalue weighted by Gasteiger charge is 2.09. The second kappa shape index (κ2) is 7.62. The molecule has 110 valence electrons. The van der Waals surface area contributed by atoms with Crippen LogP contribution in [0, 0.1) is 0 Å². The van der Waals surface area contributed by atoms with Crippen molar-refractivity contribution in [3.8, 4) is 0 Å². The van der Waals surface area contributed by atoms with Crippen molar-refractivity contribution in [2.45, 2.75) is 32.7 Å². The van der Waals surface area contributed by atoms with Gasteiger partial charge >= 0.3 is 0 Å². The van der Waals surface area contributed by atoms with Gasteiger partial charge in [-0.25, -0.2) is 13.1 Å². The number of nitrogens with one attached hydrogen (secondary N) is 2. The van der Waals surface area contributed by atoms with E-state index in [1.54, 1.807) is 10.9 Å². The Labute approximate surface area is 115 Å². The molecule has 0 aromatic carbocycles. The molecule has 0 bridgehead atoms. The fourth-order valence-electron chi connectivity index (χ4n) is 1.68. The second-order valence-corrected chi connectivity index (χ2v) is 6.87. The maximum atomic E-state index is 11.7. The molecule has 0 aliphatic carbocycles. The molecule has 0 saturated heterocycles. The standard InChI is InChI=1S/C12H24N4O2S/c1-11(2)13-6-4-8-19(17,18)15-7-5-12-9-14-16(3)10-12/h9-11,13,15H,4-8H2,1-3H3. The van der Waals surface area contributed by atoms with Crippen molar-refractivity contribution in [3.05, 3.63) is 18.0 Å². The van der Waals surface area contributed by atoms with Gasteiger partial charge in [-0.05, 0) is 24.9 Å². The van der Waals surface area contributed by atoms with Gasteiger partial charge in [-0.15, -0.1) is 0 Å². The van der Waals surface area contributed by atoms with Gasteiger partial charge < -0.3 is 5.32 Å². The van der Waals surface area contributed by atoms with Crippen molar-refractivity contribution in [3.63, 3.8) is 0 Å². The molecule has 1 aromatic rings. The van der Waals surface area contributed by atoms with Crippen LogP contribution in [-0.4, -0.2) is 43.1 Å². The Kier molecular flexibility index (Phi) is 6.47. The monoisotopic (exact) mass is 288 g/mol. The average Bonchev–Trinajstić information content (AvgIpc) is 2.70. The van der Waals surface area contributed by atoms with Crippen molar-refractivity contribution in [1.29, 1.82) is 0 Å². The predicted octanol–water partition coefficient (Wildman–Crippen LogP) is 0.270. The van der Waals surface area contributed by atoms with E-state index in [0.29, 0.717) is 25.4 Å². The molecule has 1 heterocycles. The van der Waals surface area contributed by atoms with Crippen molar-refractivity contribution < 1.29 is 8.42 Å². The molecule has 0 aliphatic rings. The summed E-state index contributed by atoms with van der Waals surface area (Å²) in [5.74, 6) is 0.166. The lowest BCUT2D eigenvalue weighted by Crippen LogP contribution is -2.31. The third kappa shape index (κ3) is 7.29. The van der Waals surface area contributed by atoms with Crippen LogP contribution in [0.5, 0.6) is 0 Å². The number of hydrogen-bond acceptors (Lipinski definition) is 4. The zero-order valence-corrected chi connectivity index (χ0v) is 12.7. The highest BCUT2D eigenvalue weighted by atomic mass is 32.2. The molecule has 1 aromatic heterocycles. The van der Waals surface area contributed by atoms with Gasteiger partial charge in [0, 0.05) is 25.8 Å². The first-order valence-electron chi connectivity index (χ1n) is 6.57. The van der Waals surface area contributed by atoms with Crippen molar-refractivity contribution >= 4 is 10.0 Å². The van der Waals surface area contributed by atoms with Gasteiger partial charge in [0.1, 0.15) is 0 Å². The molecule has 2 N–H and O–H groups in total. The molecule has 0 saturated carbocycles. The highest BCUT2D eigenvalue weighted by Crippen LogP contribution is 1.97. The van der Waals surface area contributed by atoms with E-state index in [4.69, 9.17) is 0 Å². The molecule has 19 heavy (non-hydrogen) atoms. The van der Waals surface area contributed by atoms with Crippen LogP contribution >= 0.6 is 0 Å². The Balaban J connectivity index is 2.19. The molecule has 0 spiro atoms. The summed E-state index contributed by atoms with van der Waals surface area (Å²) >= 11 is 0. The summed E-state index contributed by atoms with van der Waals surface area (Å²) in [6, 6.07) is 0.390. The summed E-state index contributed by atoms with van der Waals surface area (Å²) in [5, 5.41) is 7.24. The van der Waals surface area contributed by atoms with Crippen LogP contribution in [0.3, 0.4) is 0 Å². The van der Waals surface area contributed by atoms with E-state index in [2.05, 4.69) is 15.1 Å². The Morgan fingerprint density at radius 2 is 2.11 bits per heavy atom. The van der Waals surface area contributed by atoms with E-state index in [0.717, 1.165) is 12.1 Å². The SMILES string of the molecule is CC(C)NCCCS(=O)(=O)NCCc1cnn(C)c1. The van der Waals surface area contributed by atoms with Gasteiger partial charge in [-0.2, -0.15) is 5.10 Å². The summed E-state index contributed by atoms with van der Waals surface area (Å²) in [7, 11) is -1.32. The summed E-state index contributed by atoms with van der Waals surface area (Å²) < 4.78 is 27.7. The molecule has 0 fully saturated rings. The van der Waals surface area contributed by atoms with Crippen molar-refractivity contribution in [2.75, 3.05) is 18.8 Å². The zero-order chi connectivity index (χ0) is 14.3. The maximum Gasteiger partial charge on any atom is 0.211 e. The lowest BCUT2D eigenvalue weighted by molar-refractivity contribution is 0.561. The van der Waals surface area contributed by atoms with E-state index in [9.17, 15) is 8.42 Å². The molecule has 0 atom stereocenters. The van der Waals surface area contributed by atoms with Crippen LogP contribution in [0.4, 0.5) is 0 Å². The molecule has 1 rings (SSSR count).